The van der Waals surface area contributed by atoms with Crippen LogP contribution in [0.3, 0.4) is 0 Å². The SMILES string of the molecule is CC(C)NCC1CCCN(CCC2CCCO2)C1. The topological polar surface area (TPSA) is 24.5 Å². The van der Waals surface area contributed by atoms with Gasteiger partial charge in [-0.25, -0.2) is 0 Å². The molecular weight excluding hydrogens is 224 g/mol. The lowest BCUT2D eigenvalue weighted by molar-refractivity contribution is 0.0829. The van der Waals surface area contributed by atoms with Crippen molar-refractivity contribution < 1.29 is 4.74 Å². The maximum absolute atomic E-state index is 5.71. The average Bonchev–Trinajstić information content (AvgIpc) is 2.87. The molecule has 2 rings (SSSR count). The van der Waals surface area contributed by atoms with E-state index in [1.807, 2.05) is 0 Å². The molecule has 3 nitrogen and oxygen atoms in total. The van der Waals surface area contributed by atoms with Gasteiger partial charge in [-0.1, -0.05) is 13.8 Å². The Morgan fingerprint density at radius 1 is 1.28 bits per heavy atom. The van der Waals surface area contributed by atoms with E-state index in [-0.39, 0.29) is 0 Å². The summed E-state index contributed by atoms with van der Waals surface area (Å²) < 4.78 is 5.71. The third kappa shape index (κ3) is 4.87. The minimum Gasteiger partial charge on any atom is -0.378 e. The van der Waals surface area contributed by atoms with E-state index < -0.39 is 0 Å². The summed E-state index contributed by atoms with van der Waals surface area (Å²) in [4.78, 5) is 2.65. The van der Waals surface area contributed by atoms with Gasteiger partial charge in [0.15, 0.2) is 0 Å². The first-order valence-electron chi connectivity index (χ1n) is 7.81. The van der Waals surface area contributed by atoms with Crippen LogP contribution in [0.4, 0.5) is 0 Å². The maximum atomic E-state index is 5.71. The van der Waals surface area contributed by atoms with Gasteiger partial charge in [0.1, 0.15) is 0 Å². The highest BCUT2D eigenvalue weighted by Crippen LogP contribution is 2.19. The molecule has 1 N–H and O–H groups in total. The molecule has 2 aliphatic heterocycles. The first-order valence-corrected chi connectivity index (χ1v) is 7.81. The second kappa shape index (κ2) is 7.46. The molecule has 2 saturated heterocycles. The summed E-state index contributed by atoms with van der Waals surface area (Å²) in [6.07, 6.45) is 7.12. The van der Waals surface area contributed by atoms with Crippen molar-refractivity contribution in [3.05, 3.63) is 0 Å². The number of hydrogen-bond acceptors (Lipinski definition) is 3. The van der Waals surface area contributed by atoms with Crippen LogP contribution in [0, 0.1) is 5.92 Å². The number of likely N-dealkylation sites (tertiary alicyclic amines) is 1. The Hall–Kier alpha value is -0.120. The lowest BCUT2D eigenvalue weighted by atomic mass is 9.97. The molecule has 18 heavy (non-hydrogen) atoms. The summed E-state index contributed by atoms with van der Waals surface area (Å²) >= 11 is 0. The molecule has 2 atom stereocenters. The first kappa shape index (κ1) is 14.3. The zero-order valence-electron chi connectivity index (χ0n) is 12.2. The van der Waals surface area contributed by atoms with Gasteiger partial charge in [0.05, 0.1) is 6.10 Å². The molecule has 0 aromatic carbocycles. The van der Waals surface area contributed by atoms with Crippen molar-refractivity contribution in [2.45, 2.75) is 58.1 Å². The lowest BCUT2D eigenvalue weighted by Crippen LogP contribution is -2.41. The van der Waals surface area contributed by atoms with Crippen LogP contribution in [0.25, 0.3) is 0 Å². The van der Waals surface area contributed by atoms with Crippen LogP contribution in [0.5, 0.6) is 0 Å². The van der Waals surface area contributed by atoms with Gasteiger partial charge in [-0.3, -0.25) is 0 Å². The zero-order valence-corrected chi connectivity index (χ0v) is 12.2. The Morgan fingerprint density at radius 3 is 2.89 bits per heavy atom. The monoisotopic (exact) mass is 254 g/mol. The molecule has 2 heterocycles. The lowest BCUT2D eigenvalue weighted by Gasteiger charge is -2.33. The summed E-state index contributed by atoms with van der Waals surface area (Å²) in [6.45, 7) is 10.5. The van der Waals surface area contributed by atoms with Gasteiger partial charge in [-0.15, -0.1) is 0 Å². The van der Waals surface area contributed by atoms with Crippen LogP contribution >= 0.6 is 0 Å². The normalized spacial score (nSPS) is 30.2. The second-order valence-electron chi connectivity index (χ2n) is 6.30. The molecule has 2 fully saturated rings. The maximum Gasteiger partial charge on any atom is 0.0588 e. The van der Waals surface area contributed by atoms with Gasteiger partial charge in [-0.2, -0.15) is 0 Å². The molecule has 0 amide bonds. The average molecular weight is 254 g/mol. The van der Waals surface area contributed by atoms with Crippen molar-refractivity contribution >= 4 is 0 Å². The van der Waals surface area contributed by atoms with E-state index >= 15 is 0 Å². The van der Waals surface area contributed by atoms with E-state index in [0.29, 0.717) is 12.1 Å². The van der Waals surface area contributed by atoms with E-state index in [0.717, 1.165) is 12.5 Å². The minimum atomic E-state index is 0.555. The Bertz CT molecular complexity index is 227. The van der Waals surface area contributed by atoms with Crippen LogP contribution < -0.4 is 5.32 Å². The third-order valence-corrected chi connectivity index (χ3v) is 4.21. The summed E-state index contributed by atoms with van der Waals surface area (Å²) in [6, 6.07) is 0.618. The molecule has 106 valence electrons. The molecule has 0 radical (unpaired) electrons. The van der Waals surface area contributed by atoms with Crippen molar-refractivity contribution in [3.8, 4) is 0 Å². The molecule has 0 spiro atoms. The molecular formula is C15H30N2O. The summed E-state index contributed by atoms with van der Waals surface area (Å²) in [5, 5.41) is 3.58. The molecule has 0 bridgehead atoms. The number of nitrogens with zero attached hydrogens (tertiary/aromatic N) is 1. The quantitative estimate of drug-likeness (QED) is 0.787. The van der Waals surface area contributed by atoms with E-state index in [9.17, 15) is 0 Å². The van der Waals surface area contributed by atoms with Gasteiger partial charge in [0.2, 0.25) is 0 Å². The largest absolute Gasteiger partial charge is 0.378 e. The summed E-state index contributed by atoms with van der Waals surface area (Å²) in [5.74, 6) is 0.852. The van der Waals surface area contributed by atoms with Crippen molar-refractivity contribution in [2.75, 3.05) is 32.8 Å². The number of rotatable bonds is 6. The number of piperidine rings is 1. The smallest absolute Gasteiger partial charge is 0.0588 e. The fourth-order valence-corrected chi connectivity index (χ4v) is 3.12. The summed E-state index contributed by atoms with van der Waals surface area (Å²) in [7, 11) is 0. The molecule has 0 aromatic rings. The van der Waals surface area contributed by atoms with Crippen molar-refractivity contribution in [2.24, 2.45) is 5.92 Å². The standard InChI is InChI=1S/C15H30N2O/c1-13(2)16-11-14-5-3-8-17(12-14)9-7-15-6-4-10-18-15/h13-16H,3-12H2,1-2H3. The molecule has 2 aliphatic rings. The van der Waals surface area contributed by atoms with E-state index in [1.54, 1.807) is 0 Å². The molecule has 0 aliphatic carbocycles. The predicted molar refractivity (Wildman–Crippen MR) is 75.9 cm³/mol. The fraction of sp³-hybridized carbons (Fsp3) is 1.00. The van der Waals surface area contributed by atoms with Gasteiger partial charge in [0, 0.05) is 25.7 Å². The number of ether oxygens (including phenoxy) is 1. The minimum absolute atomic E-state index is 0.555. The highest BCUT2D eigenvalue weighted by atomic mass is 16.5. The first-order chi connectivity index (χ1) is 8.74. The molecule has 0 saturated carbocycles. The number of nitrogens with one attached hydrogen (secondary N) is 1. The highest BCUT2D eigenvalue weighted by Gasteiger charge is 2.22. The van der Waals surface area contributed by atoms with Crippen LogP contribution in [-0.2, 0) is 4.74 Å². The van der Waals surface area contributed by atoms with Crippen LogP contribution in [0.2, 0.25) is 0 Å². The highest BCUT2D eigenvalue weighted by molar-refractivity contribution is 4.76. The summed E-state index contributed by atoms with van der Waals surface area (Å²) in [5.41, 5.74) is 0. The predicted octanol–water partition coefficient (Wildman–Crippen LogP) is 2.27. The van der Waals surface area contributed by atoms with E-state index in [2.05, 4.69) is 24.1 Å². The van der Waals surface area contributed by atoms with Crippen LogP contribution in [0.15, 0.2) is 0 Å². The van der Waals surface area contributed by atoms with Crippen LogP contribution in [0.1, 0.15) is 46.0 Å². The Morgan fingerprint density at radius 2 is 2.17 bits per heavy atom. The van der Waals surface area contributed by atoms with Crippen molar-refractivity contribution in [1.82, 2.24) is 10.2 Å². The number of hydrogen-bond donors (Lipinski definition) is 1. The van der Waals surface area contributed by atoms with Crippen molar-refractivity contribution in [3.63, 3.8) is 0 Å². The molecule has 2 unspecified atom stereocenters. The van der Waals surface area contributed by atoms with Gasteiger partial charge in [0.25, 0.3) is 0 Å². The van der Waals surface area contributed by atoms with Gasteiger partial charge < -0.3 is 15.0 Å². The van der Waals surface area contributed by atoms with E-state index in [4.69, 9.17) is 4.74 Å². The third-order valence-electron chi connectivity index (χ3n) is 4.21. The van der Waals surface area contributed by atoms with Crippen molar-refractivity contribution in [1.29, 1.82) is 0 Å². The molecule has 0 aromatic heterocycles. The second-order valence-corrected chi connectivity index (χ2v) is 6.30. The van der Waals surface area contributed by atoms with Crippen LogP contribution in [-0.4, -0.2) is 49.8 Å². The van der Waals surface area contributed by atoms with Gasteiger partial charge >= 0.3 is 0 Å². The fourth-order valence-electron chi connectivity index (χ4n) is 3.12. The molecule has 3 heteroatoms. The zero-order chi connectivity index (χ0) is 12.8. The Balaban J connectivity index is 1.62. The van der Waals surface area contributed by atoms with E-state index in [1.165, 1.54) is 58.3 Å². The Labute approximate surface area is 112 Å². The Kier molecular flexibility index (Phi) is 5.93. The van der Waals surface area contributed by atoms with Gasteiger partial charge in [-0.05, 0) is 51.1 Å².